The van der Waals surface area contributed by atoms with Gasteiger partial charge in [0, 0.05) is 18.4 Å². The van der Waals surface area contributed by atoms with Crippen LogP contribution in [0.4, 0.5) is 5.69 Å². The van der Waals surface area contributed by atoms with Crippen LogP contribution in [0.5, 0.6) is 0 Å². The Labute approximate surface area is 99.4 Å². The number of rotatable bonds is 5. The molecule has 0 aliphatic carbocycles. The molecule has 0 fully saturated rings. The number of carbonyl (C=O) groups excluding carboxylic acids is 2. The van der Waals surface area contributed by atoms with Crippen molar-refractivity contribution in [2.75, 3.05) is 25.1 Å². The van der Waals surface area contributed by atoms with Gasteiger partial charge in [-0.15, -0.1) is 0 Å². The highest BCUT2D eigenvalue weighted by Crippen LogP contribution is 2.14. The second kappa shape index (κ2) is 5.83. The van der Waals surface area contributed by atoms with Crippen molar-refractivity contribution in [2.24, 2.45) is 5.73 Å². The second-order valence-electron chi connectivity index (χ2n) is 3.35. The molecular weight excluding hydrogens is 222 g/mol. The summed E-state index contributed by atoms with van der Waals surface area (Å²) in [7, 11) is 1.33. The number of aromatic nitrogens is 1. The quantitative estimate of drug-likeness (QED) is 0.738. The first kappa shape index (κ1) is 13.0. The van der Waals surface area contributed by atoms with Gasteiger partial charge in [-0.1, -0.05) is 0 Å². The van der Waals surface area contributed by atoms with E-state index in [1.807, 2.05) is 6.92 Å². The van der Waals surface area contributed by atoms with Gasteiger partial charge in [-0.05, 0) is 19.1 Å². The van der Waals surface area contributed by atoms with Gasteiger partial charge >= 0.3 is 5.97 Å². The maximum absolute atomic E-state index is 11.2. The Hall–Kier alpha value is -2.11. The molecule has 17 heavy (non-hydrogen) atoms. The van der Waals surface area contributed by atoms with Crippen LogP contribution >= 0.6 is 0 Å². The summed E-state index contributed by atoms with van der Waals surface area (Å²) in [4.78, 5) is 27.8. The normalized spacial score (nSPS) is 9.76. The predicted molar refractivity (Wildman–Crippen MR) is 62.7 cm³/mol. The Morgan fingerprint density at radius 3 is 2.76 bits per heavy atom. The van der Waals surface area contributed by atoms with Crippen molar-refractivity contribution < 1.29 is 14.3 Å². The molecule has 0 radical (unpaired) electrons. The predicted octanol–water partition coefficient (Wildman–Crippen LogP) is 0.180. The molecular formula is C11H15N3O3. The molecule has 0 bridgehead atoms. The number of methoxy groups -OCH3 is 1. The molecule has 1 aromatic rings. The third-order valence-corrected chi connectivity index (χ3v) is 2.29. The van der Waals surface area contributed by atoms with E-state index in [1.165, 1.54) is 13.3 Å². The maximum atomic E-state index is 11.2. The summed E-state index contributed by atoms with van der Waals surface area (Å²) in [6.07, 6.45) is 1.48. The van der Waals surface area contributed by atoms with E-state index in [0.29, 0.717) is 12.2 Å². The van der Waals surface area contributed by atoms with Crippen molar-refractivity contribution in [3.05, 3.63) is 24.0 Å². The number of amides is 1. The zero-order chi connectivity index (χ0) is 12.8. The SMILES string of the molecule is CCN(CC(=O)OC)c1ccnc(C(N)=O)c1. The van der Waals surface area contributed by atoms with Gasteiger partial charge < -0.3 is 15.4 Å². The van der Waals surface area contributed by atoms with E-state index >= 15 is 0 Å². The number of esters is 1. The smallest absolute Gasteiger partial charge is 0.325 e. The number of primary amides is 1. The zero-order valence-corrected chi connectivity index (χ0v) is 9.84. The van der Waals surface area contributed by atoms with Gasteiger partial charge in [-0.3, -0.25) is 14.6 Å². The van der Waals surface area contributed by atoms with Gasteiger partial charge in [0.25, 0.3) is 5.91 Å². The third-order valence-electron chi connectivity index (χ3n) is 2.29. The summed E-state index contributed by atoms with van der Waals surface area (Å²) in [5.74, 6) is -0.940. The highest BCUT2D eigenvalue weighted by Gasteiger charge is 2.12. The molecule has 0 aliphatic rings. The summed E-state index contributed by atoms with van der Waals surface area (Å²) in [6.45, 7) is 2.62. The van der Waals surface area contributed by atoms with Crippen molar-refractivity contribution in [3.8, 4) is 0 Å². The summed E-state index contributed by atoms with van der Waals surface area (Å²) >= 11 is 0. The average Bonchev–Trinajstić information content (AvgIpc) is 2.35. The van der Waals surface area contributed by atoms with Crippen molar-refractivity contribution in [2.45, 2.75) is 6.92 Å². The third kappa shape index (κ3) is 3.44. The molecule has 0 aliphatic heterocycles. The molecule has 1 aromatic heterocycles. The molecule has 1 heterocycles. The largest absolute Gasteiger partial charge is 0.468 e. The Balaban J connectivity index is 2.91. The van der Waals surface area contributed by atoms with E-state index in [-0.39, 0.29) is 18.2 Å². The molecule has 6 heteroatoms. The lowest BCUT2D eigenvalue weighted by Gasteiger charge is -2.21. The molecule has 0 aromatic carbocycles. The topological polar surface area (TPSA) is 85.5 Å². The number of likely N-dealkylation sites (N-methyl/N-ethyl adjacent to an activating group) is 1. The van der Waals surface area contributed by atoms with Crippen LogP contribution in [-0.4, -0.2) is 37.1 Å². The Morgan fingerprint density at radius 2 is 2.24 bits per heavy atom. The fourth-order valence-corrected chi connectivity index (χ4v) is 1.36. The van der Waals surface area contributed by atoms with Crippen molar-refractivity contribution >= 4 is 17.6 Å². The monoisotopic (exact) mass is 237 g/mol. The van der Waals surface area contributed by atoms with Crippen LogP contribution in [0.3, 0.4) is 0 Å². The average molecular weight is 237 g/mol. The van der Waals surface area contributed by atoms with Crippen LogP contribution in [0.2, 0.25) is 0 Å². The molecule has 1 amide bonds. The lowest BCUT2D eigenvalue weighted by molar-refractivity contribution is -0.138. The van der Waals surface area contributed by atoms with Crippen LogP contribution < -0.4 is 10.6 Å². The van der Waals surface area contributed by atoms with Crippen LogP contribution in [0.25, 0.3) is 0 Å². The summed E-state index contributed by atoms with van der Waals surface area (Å²) in [5, 5.41) is 0. The van der Waals surface area contributed by atoms with Crippen molar-refractivity contribution in [1.29, 1.82) is 0 Å². The number of nitrogens with two attached hydrogens (primary N) is 1. The summed E-state index contributed by atoms with van der Waals surface area (Å²) < 4.78 is 4.59. The molecule has 0 saturated carbocycles. The van der Waals surface area contributed by atoms with Gasteiger partial charge in [0.05, 0.1) is 7.11 Å². The fourth-order valence-electron chi connectivity index (χ4n) is 1.36. The summed E-state index contributed by atoms with van der Waals surface area (Å²) in [6, 6.07) is 3.26. The van der Waals surface area contributed by atoms with Gasteiger partial charge in [-0.2, -0.15) is 0 Å². The zero-order valence-electron chi connectivity index (χ0n) is 9.84. The first-order valence-corrected chi connectivity index (χ1v) is 5.16. The number of hydrogen-bond donors (Lipinski definition) is 1. The standard InChI is InChI=1S/C11H15N3O3/c1-3-14(7-10(15)17-2)8-4-5-13-9(6-8)11(12)16/h4-6H,3,7H2,1-2H3,(H2,12,16). The minimum atomic E-state index is -0.596. The maximum Gasteiger partial charge on any atom is 0.325 e. The van der Waals surface area contributed by atoms with Gasteiger partial charge in [0.15, 0.2) is 0 Å². The minimum absolute atomic E-state index is 0.120. The van der Waals surface area contributed by atoms with Gasteiger partial charge in [0.1, 0.15) is 12.2 Å². The second-order valence-corrected chi connectivity index (χ2v) is 3.35. The molecule has 6 nitrogen and oxygen atoms in total. The number of anilines is 1. The molecule has 0 unspecified atom stereocenters. The molecule has 1 rings (SSSR count). The van der Waals surface area contributed by atoms with E-state index in [4.69, 9.17) is 5.73 Å². The van der Waals surface area contributed by atoms with Crippen molar-refractivity contribution in [1.82, 2.24) is 4.98 Å². The Bertz CT molecular complexity index is 420. The van der Waals surface area contributed by atoms with Crippen LogP contribution in [0.1, 0.15) is 17.4 Å². The molecule has 2 N–H and O–H groups in total. The first-order chi connectivity index (χ1) is 8.08. The van der Waals surface area contributed by atoms with E-state index in [9.17, 15) is 9.59 Å². The molecule has 0 saturated heterocycles. The van der Waals surface area contributed by atoms with E-state index < -0.39 is 5.91 Å². The van der Waals surface area contributed by atoms with Gasteiger partial charge in [-0.25, -0.2) is 0 Å². The van der Waals surface area contributed by atoms with E-state index in [1.54, 1.807) is 17.0 Å². The lowest BCUT2D eigenvalue weighted by atomic mass is 10.2. The number of pyridine rings is 1. The first-order valence-electron chi connectivity index (χ1n) is 5.16. The van der Waals surface area contributed by atoms with E-state index in [2.05, 4.69) is 9.72 Å². The van der Waals surface area contributed by atoms with Gasteiger partial charge in [0.2, 0.25) is 0 Å². The van der Waals surface area contributed by atoms with Crippen molar-refractivity contribution in [3.63, 3.8) is 0 Å². The van der Waals surface area contributed by atoms with Crippen LogP contribution in [0, 0.1) is 0 Å². The Morgan fingerprint density at radius 1 is 1.53 bits per heavy atom. The number of nitrogens with zero attached hydrogens (tertiary/aromatic N) is 2. The van der Waals surface area contributed by atoms with Crippen LogP contribution in [-0.2, 0) is 9.53 Å². The fraction of sp³-hybridized carbons (Fsp3) is 0.364. The van der Waals surface area contributed by atoms with Crippen LogP contribution in [0.15, 0.2) is 18.3 Å². The lowest BCUT2D eigenvalue weighted by Crippen LogP contribution is -2.30. The highest BCUT2D eigenvalue weighted by molar-refractivity contribution is 5.91. The molecule has 0 spiro atoms. The summed E-state index contributed by atoms with van der Waals surface area (Å²) in [5.41, 5.74) is 6.02. The number of ether oxygens (including phenoxy) is 1. The molecule has 92 valence electrons. The number of hydrogen-bond acceptors (Lipinski definition) is 5. The van der Waals surface area contributed by atoms with E-state index in [0.717, 1.165) is 0 Å². The Kier molecular flexibility index (Phi) is 4.45. The molecule has 0 atom stereocenters. The minimum Gasteiger partial charge on any atom is -0.468 e. The number of carbonyl (C=O) groups is 2. The highest BCUT2D eigenvalue weighted by atomic mass is 16.5.